The molecule has 3 aliphatic rings. The van der Waals surface area contributed by atoms with Crippen LogP contribution in [0.5, 0.6) is 0 Å². The molecule has 0 aromatic rings. The third-order valence-corrected chi connectivity index (χ3v) is 4.09. The molecule has 0 N–H and O–H groups in total. The van der Waals surface area contributed by atoms with Crippen molar-refractivity contribution in [1.82, 2.24) is 4.90 Å². The molecule has 1 fully saturated rings. The maximum Gasteiger partial charge on any atom is 0.410 e. The second-order valence-corrected chi connectivity index (χ2v) is 6.91. The molecule has 0 saturated carbocycles. The van der Waals surface area contributed by atoms with E-state index in [2.05, 4.69) is 4.18 Å². The molecule has 9 heteroatoms. The van der Waals surface area contributed by atoms with Crippen LogP contribution in [0.4, 0.5) is 4.79 Å². The molecule has 0 aromatic carbocycles. The van der Waals surface area contributed by atoms with Gasteiger partial charge in [0.25, 0.3) is 10.1 Å². The SMILES string of the molecule is CS(=O)(=O)OC[C@@H]1CN([C@@H]2C=CC3=C(C2)OCCO3)C(=O)O1. The Bertz CT molecular complexity index is 624. The van der Waals surface area contributed by atoms with E-state index >= 15 is 0 Å². The van der Waals surface area contributed by atoms with Crippen molar-refractivity contribution in [3.8, 4) is 0 Å². The standard InChI is InChI=1S/C13H17NO7S/c1-22(16,17)20-8-10-7-14(13(15)21-10)9-2-3-11-12(6-9)19-5-4-18-11/h2-3,9-10H,4-8H2,1H3/t9-,10+/m1/s1. The normalized spacial score (nSPS) is 28.0. The van der Waals surface area contributed by atoms with E-state index in [1.54, 1.807) is 6.08 Å². The van der Waals surface area contributed by atoms with Crippen molar-refractivity contribution in [3.63, 3.8) is 0 Å². The van der Waals surface area contributed by atoms with Crippen molar-refractivity contribution in [2.45, 2.75) is 18.6 Å². The van der Waals surface area contributed by atoms with E-state index < -0.39 is 22.3 Å². The number of allylic oxidation sites excluding steroid dienone is 1. The number of amides is 1. The van der Waals surface area contributed by atoms with Gasteiger partial charge in [-0.15, -0.1) is 0 Å². The monoisotopic (exact) mass is 331 g/mol. The van der Waals surface area contributed by atoms with Crippen LogP contribution in [0.25, 0.3) is 0 Å². The Kier molecular flexibility index (Phi) is 4.00. The molecule has 3 rings (SSSR count). The lowest BCUT2D eigenvalue weighted by Crippen LogP contribution is -2.38. The van der Waals surface area contributed by atoms with Gasteiger partial charge in [0, 0.05) is 6.42 Å². The van der Waals surface area contributed by atoms with Crippen LogP contribution in [0, 0.1) is 0 Å². The van der Waals surface area contributed by atoms with Gasteiger partial charge in [0.15, 0.2) is 5.76 Å². The summed E-state index contributed by atoms with van der Waals surface area (Å²) in [5, 5.41) is 0. The largest absolute Gasteiger partial charge is 0.490 e. The molecule has 122 valence electrons. The first kappa shape index (κ1) is 15.2. The third-order valence-electron chi connectivity index (χ3n) is 3.53. The Morgan fingerprint density at radius 3 is 2.91 bits per heavy atom. The molecule has 1 saturated heterocycles. The lowest BCUT2D eigenvalue weighted by Gasteiger charge is -2.30. The zero-order valence-electron chi connectivity index (χ0n) is 12.1. The van der Waals surface area contributed by atoms with Gasteiger partial charge in [0.2, 0.25) is 0 Å². The summed E-state index contributed by atoms with van der Waals surface area (Å²) in [4.78, 5) is 13.5. The van der Waals surface area contributed by atoms with Gasteiger partial charge in [-0.2, -0.15) is 8.42 Å². The first-order valence-electron chi connectivity index (χ1n) is 6.91. The van der Waals surface area contributed by atoms with Gasteiger partial charge in [-0.3, -0.25) is 9.08 Å². The molecule has 0 radical (unpaired) electrons. The number of ether oxygens (including phenoxy) is 3. The zero-order valence-corrected chi connectivity index (χ0v) is 12.9. The molecular weight excluding hydrogens is 314 g/mol. The van der Waals surface area contributed by atoms with Crippen molar-refractivity contribution in [1.29, 1.82) is 0 Å². The number of hydrogen-bond acceptors (Lipinski definition) is 7. The van der Waals surface area contributed by atoms with E-state index in [0.29, 0.717) is 25.4 Å². The summed E-state index contributed by atoms with van der Waals surface area (Å²) in [5.74, 6) is 1.43. The molecule has 1 amide bonds. The van der Waals surface area contributed by atoms with Crippen molar-refractivity contribution >= 4 is 16.2 Å². The van der Waals surface area contributed by atoms with Gasteiger partial charge in [0.05, 0.1) is 18.8 Å². The average Bonchev–Trinajstić information content (AvgIpc) is 2.85. The topological polar surface area (TPSA) is 91.4 Å². The number of rotatable bonds is 4. The van der Waals surface area contributed by atoms with Crippen molar-refractivity contribution in [3.05, 3.63) is 23.7 Å². The highest BCUT2D eigenvalue weighted by Gasteiger charge is 2.38. The molecular formula is C13H17NO7S. The number of carbonyl (C=O) groups excluding carboxylic acids is 1. The summed E-state index contributed by atoms with van der Waals surface area (Å²) in [6, 6.07) is -0.198. The van der Waals surface area contributed by atoms with Crippen molar-refractivity contribution in [2.75, 3.05) is 32.6 Å². The van der Waals surface area contributed by atoms with E-state index in [4.69, 9.17) is 14.2 Å². The summed E-state index contributed by atoms with van der Waals surface area (Å²) in [6.07, 6.45) is 4.03. The van der Waals surface area contributed by atoms with Gasteiger partial charge >= 0.3 is 6.09 Å². The summed E-state index contributed by atoms with van der Waals surface area (Å²) in [7, 11) is -3.55. The Labute approximate surface area is 128 Å². The maximum atomic E-state index is 11.9. The molecule has 2 atom stereocenters. The van der Waals surface area contributed by atoms with Crippen molar-refractivity contribution in [2.24, 2.45) is 0 Å². The van der Waals surface area contributed by atoms with Crippen molar-refractivity contribution < 1.29 is 31.6 Å². The molecule has 22 heavy (non-hydrogen) atoms. The molecule has 0 spiro atoms. The lowest BCUT2D eigenvalue weighted by atomic mass is 10.0. The minimum atomic E-state index is -3.55. The van der Waals surface area contributed by atoms with Crippen LogP contribution in [0.3, 0.4) is 0 Å². The zero-order chi connectivity index (χ0) is 15.7. The highest BCUT2D eigenvalue weighted by atomic mass is 32.2. The maximum absolute atomic E-state index is 11.9. The van der Waals surface area contributed by atoms with Gasteiger partial charge in [-0.25, -0.2) is 4.79 Å². The molecule has 0 unspecified atom stereocenters. The highest BCUT2D eigenvalue weighted by molar-refractivity contribution is 7.85. The first-order valence-corrected chi connectivity index (χ1v) is 8.72. The highest BCUT2D eigenvalue weighted by Crippen LogP contribution is 2.29. The van der Waals surface area contributed by atoms with E-state index in [0.717, 1.165) is 12.0 Å². The molecule has 1 aliphatic carbocycles. The molecule has 2 aliphatic heterocycles. The van der Waals surface area contributed by atoms with E-state index in [1.165, 1.54) is 4.90 Å². The molecule has 0 aromatic heterocycles. The van der Waals surface area contributed by atoms with E-state index in [9.17, 15) is 13.2 Å². The minimum Gasteiger partial charge on any atom is -0.490 e. The smallest absolute Gasteiger partial charge is 0.410 e. The average molecular weight is 331 g/mol. The van der Waals surface area contributed by atoms with Gasteiger partial charge < -0.3 is 14.2 Å². The van der Waals surface area contributed by atoms with Crippen LogP contribution in [0.2, 0.25) is 0 Å². The number of nitrogens with zero attached hydrogens (tertiary/aromatic N) is 1. The van der Waals surface area contributed by atoms with Crippen LogP contribution < -0.4 is 0 Å². The fourth-order valence-electron chi connectivity index (χ4n) is 2.54. The quantitative estimate of drug-likeness (QED) is 0.687. The number of cyclic esters (lactones) is 1. The lowest BCUT2D eigenvalue weighted by molar-refractivity contribution is 0.0567. The van der Waals surface area contributed by atoms with E-state index in [-0.39, 0.29) is 19.2 Å². The van der Waals surface area contributed by atoms with Gasteiger partial charge in [-0.05, 0) is 6.08 Å². The third kappa shape index (κ3) is 3.36. The predicted octanol–water partition coefficient (Wildman–Crippen LogP) is 0.370. The number of hydrogen-bond donors (Lipinski definition) is 0. The Morgan fingerprint density at radius 2 is 2.14 bits per heavy atom. The van der Waals surface area contributed by atoms with Gasteiger partial charge in [-0.1, -0.05) is 6.08 Å². The van der Waals surface area contributed by atoms with E-state index in [1.807, 2.05) is 6.08 Å². The first-order chi connectivity index (χ1) is 10.4. The molecule has 2 heterocycles. The Hall–Kier alpha value is -1.74. The summed E-state index contributed by atoms with van der Waals surface area (Å²) in [6.45, 7) is 1.11. The second-order valence-electron chi connectivity index (χ2n) is 5.26. The molecule has 0 bridgehead atoms. The van der Waals surface area contributed by atoms with Crippen LogP contribution in [-0.4, -0.2) is 64.2 Å². The van der Waals surface area contributed by atoms with Crippen LogP contribution >= 0.6 is 0 Å². The fourth-order valence-corrected chi connectivity index (χ4v) is 2.94. The minimum absolute atomic E-state index is 0.176. The predicted molar refractivity (Wildman–Crippen MR) is 74.2 cm³/mol. The summed E-state index contributed by atoms with van der Waals surface area (Å²) in [5.41, 5.74) is 0. The van der Waals surface area contributed by atoms with Crippen LogP contribution in [0.15, 0.2) is 23.7 Å². The summed E-state index contributed by atoms with van der Waals surface area (Å²) < 4.78 is 42.8. The second kappa shape index (κ2) is 5.81. The molecule has 8 nitrogen and oxygen atoms in total. The fraction of sp³-hybridized carbons (Fsp3) is 0.615. The van der Waals surface area contributed by atoms with Gasteiger partial charge in [0.1, 0.15) is 31.7 Å². The van der Waals surface area contributed by atoms with Crippen LogP contribution in [0.1, 0.15) is 6.42 Å². The summed E-state index contributed by atoms with van der Waals surface area (Å²) >= 11 is 0. The van der Waals surface area contributed by atoms with Crippen LogP contribution in [-0.2, 0) is 28.5 Å². The number of carbonyl (C=O) groups is 1. The Balaban J connectivity index is 1.61. The Morgan fingerprint density at radius 1 is 1.36 bits per heavy atom.